The van der Waals surface area contributed by atoms with E-state index in [-0.39, 0.29) is 11.2 Å². The van der Waals surface area contributed by atoms with Gasteiger partial charge in [0.05, 0.1) is 18.5 Å². The van der Waals surface area contributed by atoms with E-state index < -0.39 is 0 Å². The Kier molecular flexibility index (Phi) is 5.35. The molecule has 5 heteroatoms. The van der Waals surface area contributed by atoms with Crippen molar-refractivity contribution in [3.05, 3.63) is 30.9 Å². The summed E-state index contributed by atoms with van der Waals surface area (Å²) in [6.07, 6.45) is 2.56. The van der Waals surface area contributed by atoms with Crippen molar-refractivity contribution >= 4 is 17.7 Å². The van der Waals surface area contributed by atoms with Gasteiger partial charge in [0.2, 0.25) is 5.91 Å². The average molecular weight is 293 g/mol. The molecule has 1 aliphatic rings. The third kappa shape index (κ3) is 3.93. The predicted octanol–water partition coefficient (Wildman–Crippen LogP) is 2.63. The first-order valence-corrected chi connectivity index (χ1v) is 7.53. The Morgan fingerprint density at radius 1 is 1.45 bits per heavy atom. The number of rotatable bonds is 5. The molecule has 20 heavy (non-hydrogen) atoms. The SMILES string of the molecule is C=CCNC(=O)[C@@H](C)Sc1ccc2c(c1)OCCCO2. The summed E-state index contributed by atoms with van der Waals surface area (Å²) in [6, 6.07) is 5.79. The molecule has 1 atom stereocenters. The van der Waals surface area contributed by atoms with E-state index in [1.54, 1.807) is 6.08 Å². The molecule has 0 fully saturated rings. The number of carbonyl (C=O) groups is 1. The molecule has 1 aromatic carbocycles. The Morgan fingerprint density at radius 3 is 2.95 bits per heavy atom. The van der Waals surface area contributed by atoms with Crippen LogP contribution in [-0.4, -0.2) is 30.9 Å². The summed E-state index contributed by atoms with van der Waals surface area (Å²) in [6.45, 7) is 7.30. The molecule has 1 amide bonds. The number of nitrogens with one attached hydrogen (secondary N) is 1. The van der Waals surface area contributed by atoms with E-state index in [4.69, 9.17) is 9.47 Å². The lowest BCUT2D eigenvalue weighted by Crippen LogP contribution is -2.30. The minimum absolute atomic E-state index is 0.00186. The molecule has 0 saturated heterocycles. The fourth-order valence-corrected chi connectivity index (χ4v) is 2.71. The van der Waals surface area contributed by atoms with Crippen LogP contribution in [0.1, 0.15) is 13.3 Å². The van der Waals surface area contributed by atoms with Gasteiger partial charge in [-0.15, -0.1) is 18.3 Å². The standard InChI is InChI=1S/C15H19NO3S/c1-3-7-16-15(17)11(2)20-12-5-6-13-14(10-12)19-9-4-8-18-13/h3,5-6,10-11H,1,4,7-9H2,2H3,(H,16,17)/t11-/m1/s1. The predicted molar refractivity (Wildman–Crippen MR) is 80.6 cm³/mol. The van der Waals surface area contributed by atoms with E-state index in [0.29, 0.717) is 19.8 Å². The average Bonchev–Trinajstić information content (AvgIpc) is 2.69. The Morgan fingerprint density at radius 2 is 2.20 bits per heavy atom. The third-order valence-electron chi connectivity index (χ3n) is 2.82. The van der Waals surface area contributed by atoms with Gasteiger partial charge in [0, 0.05) is 17.9 Å². The number of fused-ring (bicyclic) bond motifs is 1. The van der Waals surface area contributed by atoms with Crippen LogP contribution in [0.5, 0.6) is 11.5 Å². The number of hydrogen-bond donors (Lipinski definition) is 1. The van der Waals surface area contributed by atoms with Crippen molar-refractivity contribution in [1.29, 1.82) is 0 Å². The van der Waals surface area contributed by atoms with E-state index in [2.05, 4.69) is 11.9 Å². The zero-order chi connectivity index (χ0) is 14.4. The van der Waals surface area contributed by atoms with Gasteiger partial charge in [0.15, 0.2) is 11.5 Å². The highest BCUT2D eigenvalue weighted by Gasteiger charge is 2.16. The largest absolute Gasteiger partial charge is 0.490 e. The Labute approximate surface area is 123 Å². The maximum Gasteiger partial charge on any atom is 0.233 e. The molecule has 1 heterocycles. The molecule has 0 spiro atoms. The molecule has 1 aromatic rings. The summed E-state index contributed by atoms with van der Waals surface area (Å²) >= 11 is 1.50. The molecule has 108 valence electrons. The van der Waals surface area contributed by atoms with E-state index in [9.17, 15) is 4.79 Å². The third-order valence-corrected chi connectivity index (χ3v) is 3.92. The minimum atomic E-state index is -0.167. The van der Waals surface area contributed by atoms with Gasteiger partial charge in [-0.2, -0.15) is 0 Å². The molecular formula is C15H19NO3S. The van der Waals surface area contributed by atoms with Crippen molar-refractivity contribution in [2.45, 2.75) is 23.5 Å². The van der Waals surface area contributed by atoms with E-state index in [0.717, 1.165) is 22.8 Å². The number of benzene rings is 1. The second-order valence-corrected chi connectivity index (χ2v) is 5.87. The number of hydrogen-bond acceptors (Lipinski definition) is 4. The highest BCUT2D eigenvalue weighted by atomic mass is 32.2. The fourth-order valence-electron chi connectivity index (χ4n) is 1.79. The van der Waals surface area contributed by atoms with Gasteiger partial charge >= 0.3 is 0 Å². The zero-order valence-corrected chi connectivity index (χ0v) is 12.4. The van der Waals surface area contributed by atoms with E-state index in [1.165, 1.54) is 11.8 Å². The molecule has 1 aliphatic heterocycles. The van der Waals surface area contributed by atoms with Crippen LogP contribution in [0.2, 0.25) is 0 Å². The lowest BCUT2D eigenvalue weighted by molar-refractivity contribution is -0.120. The van der Waals surface area contributed by atoms with Gasteiger partial charge in [-0.1, -0.05) is 6.08 Å². The number of thioether (sulfide) groups is 1. The number of carbonyl (C=O) groups excluding carboxylic acids is 1. The molecule has 0 aliphatic carbocycles. The lowest BCUT2D eigenvalue weighted by Gasteiger charge is -2.13. The second kappa shape index (κ2) is 7.24. The molecule has 4 nitrogen and oxygen atoms in total. The molecule has 0 radical (unpaired) electrons. The Hall–Kier alpha value is -1.62. The molecule has 0 bridgehead atoms. The monoisotopic (exact) mass is 293 g/mol. The highest BCUT2D eigenvalue weighted by Crippen LogP contribution is 2.35. The van der Waals surface area contributed by atoms with Gasteiger partial charge in [-0.05, 0) is 25.1 Å². The van der Waals surface area contributed by atoms with Crippen LogP contribution in [0.4, 0.5) is 0 Å². The van der Waals surface area contributed by atoms with Crippen LogP contribution in [0.3, 0.4) is 0 Å². The number of ether oxygens (including phenoxy) is 2. The van der Waals surface area contributed by atoms with Crippen molar-refractivity contribution in [3.8, 4) is 11.5 Å². The highest BCUT2D eigenvalue weighted by molar-refractivity contribution is 8.00. The Bertz CT molecular complexity index is 490. The van der Waals surface area contributed by atoms with Crippen molar-refractivity contribution in [2.24, 2.45) is 0 Å². The number of amides is 1. The molecule has 2 rings (SSSR count). The zero-order valence-electron chi connectivity index (χ0n) is 11.6. The summed E-state index contributed by atoms with van der Waals surface area (Å²) in [5, 5.41) is 2.62. The van der Waals surface area contributed by atoms with Crippen LogP contribution >= 0.6 is 11.8 Å². The summed E-state index contributed by atoms with van der Waals surface area (Å²) in [5.74, 6) is 1.53. The smallest absolute Gasteiger partial charge is 0.233 e. The molecule has 0 unspecified atom stereocenters. The van der Waals surface area contributed by atoms with Crippen LogP contribution in [0.25, 0.3) is 0 Å². The van der Waals surface area contributed by atoms with Crippen molar-refractivity contribution in [1.82, 2.24) is 5.32 Å². The van der Waals surface area contributed by atoms with Crippen LogP contribution in [-0.2, 0) is 4.79 Å². The normalized spacial score (nSPS) is 15.1. The quantitative estimate of drug-likeness (QED) is 0.670. The van der Waals surface area contributed by atoms with Crippen LogP contribution in [0, 0.1) is 0 Å². The van der Waals surface area contributed by atoms with E-state index in [1.807, 2.05) is 25.1 Å². The van der Waals surface area contributed by atoms with Gasteiger partial charge < -0.3 is 14.8 Å². The maximum absolute atomic E-state index is 11.8. The summed E-state index contributed by atoms with van der Waals surface area (Å²) in [4.78, 5) is 12.8. The van der Waals surface area contributed by atoms with Crippen LogP contribution in [0.15, 0.2) is 35.7 Å². The molecule has 1 N–H and O–H groups in total. The topological polar surface area (TPSA) is 47.6 Å². The van der Waals surface area contributed by atoms with Crippen molar-refractivity contribution in [3.63, 3.8) is 0 Å². The molecule has 0 aromatic heterocycles. The second-order valence-electron chi connectivity index (χ2n) is 4.45. The first-order chi connectivity index (χ1) is 9.70. The lowest BCUT2D eigenvalue weighted by atomic mass is 10.3. The summed E-state index contributed by atoms with van der Waals surface area (Å²) in [5.41, 5.74) is 0. The first-order valence-electron chi connectivity index (χ1n) is 6.65. The minimum Gasteiger partial charge on any atom is -0.490 e. The summed E-state index contributed by atoms with van der Waals surface area (Å²) < 4.78 is 11.2. The fraction of sp³-hybridized carbons (Fsp3) is 0.400. The molecule has 0 saturated carbocycles. The Balaban J connectivity index is 2.00. The molecular weight excluding hydrogens is 274 g/mol. The van der Waals surface area contributed by atoms with Crippen molar-refractivity contribution in [2.75, 3.05) is 19.8 Å². The van der Waals surface area contributed by atoms with E-state index >= 15 is 0 Å². The van der Waals surface area contributed by atoms with Gasteiger partial charge in [0.25, 0.3) is 0 Å². The van der Waals surface area contributed by atoms with Crippen molar-refractivity contribution < 1.29 is 14.3 Å². The maximum atomic E-state index is 11.8. The summed E-state index contributed by atoms with van der Waals surface area (Å²) in [7, 11) is 0. The van der Waals surface area contributed by atoms with Crippen LogP contribution < -0.4 is 14.8 Å². The van der Waals surface area contributed by atoms with Gasteiger partial charge in [-0.25, -0.2) is 0 Å². The van der Waals surface area contributed by atoms with Gasteiger partial charge in [-0.3, -0.25) is 4.79 Å². The first kappa shape index (κ1) is 14.8. The van der Waals surface area contributed by atoms with Gasteiger partial charge in [0.1, 0.15) is 0 Å².